The molecule has 3 unspecified atom stereocenters. The predicted molar refractivity (Wildman–Crippen MR) is 76.4 cm³/mol. The maximum Gasteiger partial charge on any atom is 0.320 e. The molecule has 5 nitrogen and oxygen atoms in total. The van der Waals surface area contributed by atoms with Crippen LogP contribution < -0.4 is 5.32 Å². The molecular weight excluding hydrogens is 256 g/mol. The lowest BCUT2D eigenvalue weighted by molar-refractivity contribution is -0.143. The number of nitrogens with one attached hydrogen (secondary N) is 1. The zero-order valence-corrected chi connectivity index (χ0v) is 12.7. The Hall–Kier alpha value is -1.10. The number of amides is 1. The van der Waals surface area contributed by atoms with Gasteiger partial charge in [0, 0.05) is 11.6 Å². The lowest BCUT2D eigenvalue weighted by atomic mass is 9.85. The van der Waals surface area contributed by atoms with Crippen molar-refractivity contribution in [3.8, 4) is 0 Å². The third kappa shape index (κ3) is 3.51. The highest BCUT2D eigenvalue weighted by Gasteiger charge is 2.45. The fourth-order valence-corrected chi connectivity index (χ4v) is 3.65. The number of carbonyl (C=O) groups excluding carboxylic acids is 1. The van der Waals surface area contributed by atoms with Crippen LogP contribution in [0.1, 0.15) is 52.9 Å². The van der Waals surface area contributed by atoms with Crippen molar-refractivity contribution in [2.24, 2.45) is 5.92 Å². The van der Waals surface area contributed by atoms with Crippen LogP contribution in [0.25, 0.3) is 0 Å². The molecule has 0 bridgehead atoms. The summed E-state index contributed by atoms with van der Waals surface area (Å²) in [6, 6.07) is -0.218. The number of hydrogen-bond donors (Lipinski definition) is 2. The van der Waals surface area contributed by atoms with Crippen molar-refractivity contribution in [1.82, 2.24) is 10.2 Å². The number of fused-ring (bicyclic) bond motifs is 1. The molecule has 2 N–H and O–H groups in total. The van der Waals surface area contributed by atoms with E-state index in [4.69, 9.17) is 0 Å². The van der Waals surface area contributed by atoms with Gasteiger partial charge in [0.2, 0.25) is 5.91 Å². The third-order valence-electron chi connectivity index (χ3n) is 4.35. The topological polar surface area (TPSA) is 69.6 Å². The van der Waals surface area contributed by atoms with Gasteiger partial charge in [-0.2, -0.15) is 0 Å². The lowest BCUT2D eigenvalue weighted by Crippen LogP contribution is -2.51. The Balaban J connectivity index is 2.05. The molecule has 20 heavy (non-hydrogen) atoms. The van der Waals surface area contributed by atoms with Gasteiger partial charge in [-0.1, -0.05) is 12.8 Å². The number of likely N-dealkylation sites (tertiary alicyclic amines) is 1. The summed E-state index contributed by atoms with van der Waals surface area (Å²) >= 11 is 0. The minimum Gasteiger partial charge on any atom is -0.480 e. The van der Waals surface area contributed by atoms with E-state index in [1.165, 1.54) is 6.42 Å². The van der Waals surface area contributed by atoms with E-state index in [-0.39, 0.29) is 24.0 Å². The smallest absolute Gasteiger partial charge is 0.320 e. The Morgan fingerprint density at radius 3 is 2.50 bits per heavy atom. The molecule has 3 atom stereocenters. The highest BCUT2D eigenvalue weighted by Crippen LogP contribution is 2.39. The molecule has 0 aromatic carbocycles. The first-order chi connectivity index (χ1) is 9.28. The quantitative estimate of drug-likeness (QED) is 0.825. The summed E-state index contributed by atoms with van der Waals surface area (Å²) in [5, 5.41) is 12.3. The first kappa shape index (κ1) is 15.3. The van der Waals surface area contributed by atoms with E-state index in [0.717, 1.165) is 19.3 Å². The van der Waals surface area contributed by atoms with Gasteiger partial charge in [-0.15, -0.1) is 0 Å². The van der Waals surface area contributed by atoms with Gasteiger partial charge < -0.3 is 10.4 Å². The van der Waals surface area contributed by atoms with Gasteiger partial charge in [0.15, 0.2) is 0 Å². The molecule has 1 saturated heterocycles. The van der Waals surface area contributed by atoms with Gasteiger partial charge in [0.25, 0.3) is 0 Å². The number of carbonyl (C=O) groups is 2. The van der Waals surface area contributed by atoms with Crippen molar-refractivity contribution >= 4 is 11.9 Å². The largest absolute Gasteiger partial charge is 0.480 e. The Bertz CT molecular complexity index is 389. The molecule has 114 valence electrons. The fraction of sp³-hybridized carbons (Fsp3) is 0.867. The molecule has 1 saturated carbocycles. The van der Waals surface area contributed by atoms with Crippen molar-refractivity contribution in [3.63, 3.8) is 0 Å². The van der Waals surface area contributed by atoms with Crippen LogP contribution in [-0.2, 0) is 9.59 Å². The van der Waals surface area contributed by atoms with E-state index in [9.17, 15) is 14.7 Å². The first-order valence-corrected chi connectivity index (χ1v) is 7.57. The van der Waals surface area contributed by atoms with Crippen LogP contribution in [0.4, 0.5) is 0 Å². The highest BCUT2D eigenvalue weighted by molar-refractivity contribution is 5.80. The molecule has 0 aromatic heterocycles. The summed E-state index contributed by atoms with van der Waals surface area (Å²) < 4.78 is 0. The van der Waals surface area contributed by atoms with Gasteiger partial charge in [0.05, 0.1) is 6.54 Å². The van der Waals surface area contributed by atoms with Crippen LogP contribution in [0.5, 0.6) is 0 Å². The lowest BCUT2D eigenvalue weighted by Gasteiger charge is -2.33. The Morgan fingerprint density at radius 1 is 1.25 bits per heavy atom. The molecule has 5 heteroatoms. The zero-order valence-electron chi connectivity index (χ0n) is 12.7. The molecule has 1 amide bonds. The molecule has 0 spiro atoms. The maximum absolute atomic E-state index is 12.1. The van der Waals surface area contributed by atoms with Crippen LogP contribution in [0.3, 0.4) is 0 Å². The Labute approximate surface area is 120 Å². The molecule has 2 aliphatic rings. The average Bonchev–Trinajstić information content (AvgIpc) is 2.66. The van der Waals surface area contributed by atoms with Crippen LogP contribution in [-0.4, -0.2) is 46.1 Å². The Kier molecular flexibility index (Phi) is 4.37. The second-order valence-electron chi connectivity index (χ2n) is 7.17. The van der Waals surface area contributed by atoms with Crippen LogP contribution in [0, 0.1) is 5.92 Å². The van der Waals surface area contributed by atoms with Crippen molar-refractivity contribution in [1.29, 1.82) is 0 Å². The van der Waals surface area contributed by atoms with E-state index >= 15 is 0 Å². The number of aliphatic carboxylic acids is 1. The minimum atomic E-state index is -0.789. The average molecular weight is 282 g/mol. The molecular formula is C15H26N2O3. The van der Waals surface area contributed by atoms with Crippen LogP contribution in [0.2, 0.25) is 0 Å². The minimum absolute atomic E-state index is 0.0741. The fourth-order valence-electron chi connectivity index (χ4n) is 3.65. The second-order valence-corrected chi connectivity index (χ2v) is 7.17. The SMILES string of the molecule is CC(C)(C)NC(=O)CN1C(C(=O)O)CC2CCCCC21. The van der Waals surface area contributed by atoms with Crippen molar-refractivity contribution < 1.29 is 14.7 Å². The predicted octanol–water partition coefficient (Wildman–Crippen LogP) is 1.62. The molecule has 0 aromatic rings. The summed E-state index contributed by atoms with van der Waals surface area (Å²) in [4.78, 5) is 25.5. The van der Waals surface area contributed by atoms with E-state index in [2.05, 4.69) is 5.32 Å². The summed E-state index contributed by atoms with van der Waals surface area (Å²) in [5.41, 5.74) is -0.276. The Morgan fingerprint density at radius 2 is 1.90 bits per heavy atom. The number of hydrogen-bond acceptors (Lipinski definition) is 3. The van der Waals surface area contributed by atoms with Gasteiger partial charge >= 0.3 is 5.97 Å². The summed E-state index contributed by atoms with van der Waals surface area (Å²) in [6.45, 7) is 6.02. The van der Waals surface area contributed by atoms with Gasteiger partial charge in [-0.25, -0.2) is 0 Å². The standard InChI is InChI=1S/C15H26N2O3/c1-15(2,3)16-13(18)9-17-11-7-5-4-6-10(11)8-12(17)14(19)20/h10-12H,4-9H2,1-3H3,(H,16,18)(H,19,20). The number of carboxylic acid groups (broad SMARTS) is 1. The zero-order chi connectivity index (χ0) is 14.9. The summed E-state index contributed by atoms with van der Waals surface area (Å²) in [6.07, 6.45) is 5.16. The van der Waals surface area contributed by atoms with E-state index in [1.807, 2.05) is 25.7 Å². The first-order valence-electron chi connectivity index (χ1n) is 7.57. The monoisotopic (exact) mass is 282 g/mol. The molecule has 1 heterocycles. The third-order valence-corrected chi connectivity index (χ3v) is 4.35. The number of carboxylic acids is 1. The highest BCUT2D eigenvalue weighted by atomic mass is 16.4. The van der Waals surface area contributed by atoms with E-state index in [1.54, 1.807) is 0 Å². The van der Waals surface area contributed by atoms with Gasteiger partial charge in [-0.05, 0) is 46.0 Å². The molecule has 0 radical (unpaired) electrons. The van der Waals surface area contributed by atoms with Crippen molar-refractivity contribution in [2.75, 3.05) is 6.54 Å². The second kappa shape index (κ2) is 5.72. The molecule has 2 rings (SSSR count). The van der Waals surface area contributed by atoms with Gasteiger partial charge in [0.1, 0.15) is 6.04 Å². The molecule has 2 fully saturated rings. The number of rotatable bonds is 3. The maximum atomic E-state index is 12.1. The van der Waals surface area contributed by atoms with Gasteiger partial charge in [-0.3, -0.25) is 14.5 Å². The number of nitrogens with zero attached hydrogens (tertiary/aromatic N) is 1. The van der Waals surface area contributed by atoms with E-state index in [0.29, 0.717) is 12.3 Å². The summed E-state index contributed by atoms with van der Waals surface area (Å²) in [7, 11) is 0. The summed E-state index contributed by atoms with van der Waals surface area (Å²) in [5.74, 6) is -0.412. The van der Waals surface area contributed by atoms with Crippen LogP contribution >= 0.6 is 0 Å². The molecule has 1 aliphatic heterocycles. The normalized spacial score (nSPS) is 30.9. The molecule has 1 aliphatic carbocycles. The van der Waals surface area contributed by atoms with Crippen molar-refractivity contribution in [3.05, 3.63) is 0 Å². The van der Waals surface area contributed by atoms with Crippen LogP contribution in [0.15, 0.2) is 0 Å². The van der Waals surface area contributed by atoms with Crippen molar-refractivity contribution in [2.45, 2.75) is 70.5 Å². The van der Waals surface area contributed by atoms with E-state index < -0.39 is 12.0 Å².